The van der Waals surface area contributed by atoms with Gasteiger partial charge >= 0.3 is 0 Å². The predicted octanol–water partition coefficient (Wildman–Crippen LogP) is 2.77. The topological polar surface area (TPSA) is 35.6 Å². The number of fused-ring (bicyclic) bond motifs is 2. The molecule has 4 nitrogen and oxygen atoms in total. The molecule has 1 amide bonds. The summed E-state index contributed by atoms with van der Waals surface area (Å²) < 4.78 is 0. The van der Waals surface area contributed by atoms with E-state index in [9.17, 15) is 4.79 Å². The van der Waals surface area contributed by atoms with Gasteiger partial charge in [-0.25, -0.2) is 0 Å². The van der Waals surface area contributed by atoms with E-state index in [1.807, 2.05) is 0 Å². The Morgan fingerprint density at radius 2 is 1.71 bits per heavy atom. The van der Waals surface area contributed by atoms with Crippen LogP contribution in [0.15, 0.2) is 0 Å². The molecule has 134 valence electrons. The Kier molecular flexibility index (Phi) is 4.98. The van der Waals surface area contributed by atoms with Crippen LogP contribution in [-0.2, 0) is 4.79 Å². The quantitative estimate of drug-likeness (QED) is 0.795. The number of piperidine rings is 1. The van der Waals surface area contributed by atoms with Crippen LogP contribution in [0.1, 0.15) is 57.8 Å². The highest BCUT2D eigenvalue weighted by Gasteiger charge is 2.40. The molecule has 0 spiro atoms. The number of thiocarbonyl (C=S) groups is 1. The van der Waals surface area contributed by atoms with Crippen molar-refractivity contribution in [3.8, 4) is 0 Å². The highest BCUT2D eigenvalue weighted by Crippen LogP contribution is 2.44. The Hall–Kier alpha value is -0.840. The van der Waals surface area contributed by atoms with Gasteiger partial charge in [0.05, 0.1) is 0 Å². The van der Waals surface area contributed by atoms with Crippen molar-refractivity contribution in [3.05, 3.63) is 0 Å². The first-order valence-corrected chi connectivity index (χ1v) is 10.4. The van der Waals surface area contributed by atoms with E-state index >= 15 is 0 Å². The van der Waals surface area contributed by atoms with Gasteiger partial charge in [-0.15, -0.1) is 0 Å². The van der Waals surface area contributed by atoms with Crippen molar-refractivity contribution in [3.63, 3.8) is 0 Å². The van der Waals surface area contributed by atoms with Gasteiger partial charge in [-0.2, -0.15) is 0 Å². The minimum absolute atomic E-state index is 0.383. The Balaban J connectivity index is 1.19. The van der Waals surface area contributed by atoms with Crippen molar-refractivity contribution in [1.82, 2.24) is 15.1 Å². The van der Waals surface area contributed by atoms with Crippen LogP contribution in [0, 0.1) is 17.8 Å². The van der Waals surface area contributed by atoms with E-state index in [1.54, 1.807) is 0 Å². The number of carbonyl (C=O) groups excluding carboxylic acids is 1. The van der Waals surface area contributed by atoms with Gasteiger partial charge in [0.25, 0.3) is 0 Å². The fourth-order valence-corrected chi connectivity index (χ4v) is 5.69. The molecule has 4 rings (SSSR count). The van der Waals surface area contributed by atoms with E-state index in [0.29, 0.717) is 17.9 Å². The zero-order chi connectivity index (χ0) is 16.5. The largest absolute Gasteiger partial charge is 0.360 e. The normalized spacial score (nSPS) is 33.2. The number of carbonyl (C=O) groups is 1. The van der Waals surface area contributed by atoms with Crippen molar-refractivity contribution in [2.75, 3.05) is 26.2 Å². The van der Waals surface area contributed by atoms with Gasteiger partial charge in [-0.3, -0.25) is 4.79 Å². The summed E-state index contributed by atoms with van der Waals surface area (Å²) in [4.78, 5) is 16.7. The molecule has 0 aromatic rings. The van der Waals surface area contributed by atoms with Crippen molar-refractivity contribution >= 4 is 23.2 Å². The van der Waals surface area contributed by atoms with Crippen molar-refractivity contribution < 1.29 is 4.79 Å². The summed E-state index contributed by atoms with van der Waals surface area (Å²) in [6.07, 6.45) is 10.9. The Labute approximate surface area is 151 Å². The monoisotopic (exact) mass is 349 g/mol. The van der Waals surface area contributed by atoms with Gasteiger partial charge in [-0.05, 0) is 74.9 Å². The molecule has 2 saturated carbocycles. The van der Waals surface area contributed by atoms with E-state index in [0.717, 1.165) is 62.4 Å². The molecule has 0 radical (unpaired) electrons. The lowest BCUT2D eigenvalue weighted by Gasteiger charge is -2.36. The standard InChI is InChI=1S/C19H31N3OS/c23-18(21-7-1-2-8-21)13-14-5-9-22(10-6-14)19(24)20-17-12-15-3-4-16(17)11-15/h14-17H,1-13H2,(H,20,24)/t15-,16-,17-/m0/s1. The second-order valence-corrected chi connectivity index (χ2v) is 8.84. The summed E-state index contributed by atoms with van der Waals surface area (Å²) in [7, 11) is 0. The van der Waals surface area contributed by atoms with Crippen LogP contribution in [0.25, 0.3) is 0 Å². The van der Waals surface area contributed by atoms with Crippen molar-refractivity contribution in [2.24, 2.45) is 17.8 Å². The summed E-state index contributed by atoms with van der Waals surface area (Å²) >= 11 is 5.68. The van der Waals surface area contributed by atoms with Gasteiger partial charge in [0.15, 0.2) is 5.11 Å². The number of amides is 1. The van der Waals surface area contributed by atoms with Crippen LogP contribution in [0.2, 0.25) is 0 Å². The lowest BCUT2D eigenvalue weighted by atomic mass is 9.93. The first-order valence-electron chi connectivity index (χ1n) is 10.0. The third kappa shape index (κ3) is 3.56. The summed E-state index contributed by atoms with van der Waals surface area (Å²) in [5, 5.41) is 4.63. The molecule has 5 heteroatoms. The van der Waals surface area contributed by atoms with Crippen molar-refractivity contribution in [2.45, 2.75) is 63.8 Å². The third-order valence-corrected chi connectivity index (χ3v) is 7.25. The third-order valence-electron chi connectivity index (χ3n) is 6.87. The first kappa shape index (κ1) is 16.6. The Morgan fingerprint density at radius 3 is 2.33 bits per heavy atom. The van der Waals surface area contributed by atoms with E-state index in [1.165, 1.54) is 38.5 Å². The fraction of sp³-hybridized carbons (Fsp3) is 0.895. The lowest BCUT2D eigenvalue weighted by Crippen LogP contribution is -2.49. The number of hydrogen-bond donors (Lipinski definition) is 1. The first-order chi connectivity index (χ1) is 11.7. The number of rotatable bonds is 3. The summed E-state index contributed by atoms with van der Waals surface area (Å²) in [5.41, 5.74) is 0. The van der Waals surface area contributed by atoms with Crippen LogP contribution >= 0.6 is 12.2 Å². The lowest BCUT2D eigenvalue weighted by molar-refractivity contribution is -0.131. The molecule has 4 aliphatic rings. The summed E-state index contributed by atoms with van der Waals surface area (Å²) in [6, 6.07) is 0.630. The SMILES string of the molecule is O=C(CC1CCN(C(=S)N[C@H]2C[C@H]3CC[C@H]2C3)CC1)N1CCCC1. The minimum Gasteiger partial charge on any atom is -0.360 e. The number of nitrogens with one attached hydrogen (secondary N) is 1. The van der Waals surface area contributed by atoms with Crippen LogP contribution in [-0.4, -0.2) is 53.0 Å². The molecule has 2 aliphatic carbocycles. The molecule has 4 fully saturated rings. The molecule has 2 heterocycles. The Morgan fingerprint density at radius 1 is 0.958 bits per heavy atom. The second-order valence-electron chi connectivity index (χ2n) is 8.45. The minimum atomic E-state index is 0.383. The maximum absolute atomic E-state index is 12.3. The molecule has 2 saturated heterocycles. The molecule has 0 aromatic carbocycles. The van der Waals surface area contributed by atoms with Crippen LogP contribution in [0.3, 0.4) is 0 Å². The van der Waals surface area contributed by atoms with Gasteiger partial charge in [0.2, 0.25) is 5.91 Å². The van der Waals surface area contributed by atoms with Gasteiger partial charge in [0, 0.05) is 38.6 Å². The maximum Gasteiger partial charge on any atom is 0.222 e. The highest BCUT2D eigenvalue weighted by molar-refractivity contribution is 7.80. The molecule has 2 aliphatic heterocycles. The smallest absolute Gasteiger partial charge is 0.222 e. The van der Waals surface area contributed by atoms with Crippen LogP contribution < -0.4 is 5.32 Å². The highest BCUT2D eigenvalue weighted by atomic mass is 32.1. The molecule has 1 N–H and O–H groups in total. The molecule has 24 heavy (non-hydrogen) atoms. The average molecular weight is 350 g/mol. The second kappa shape index (κ2) is 7.19. The fourth-order valence-electron chi connectivity index (χ4n) is 5.35. The van der Waals surface area contributed by atoms with E-state index < -0.39 is 0 Å². The molecule has 0 unspecified atom stereocenters. The van der Waals surface area contributed by atoms with Gasteiger partial charge in [0.1, 0.15) is 0 Å². The van der Waals surface area contributed by atoms with Crippen LogP contribution in [0.4, 0.5) is 0 Å². The number of likely N-dealkylation sites (tertiary alicyclic amines) is 2. The van der Waals surface area contributed by atoms with E-state index in [4.69, 9.17) is 12.2 Å². The van der Waals surface area contributed by atoms with Crippen LogP contribution in [0.5, 0.6) is 0 Å². The predicted molar refractivity (Wildman–Crippen MR) is 99.7 cm³/mol. The molecule has 3 atom stereocenters. The van der Waals surface area contributed by atoms with Gasteiger partial charge in [-0.1, -0.05) is 6.42 Å². The molecule has 2 bridgehead atoms. The molecular weight excluding hydrogens is 318 g/mol. The molecular formula is C19H31N3OS. The molecule has 0 aromatic heterocycles. The van der Waals surface area contributed by atoms with Gasteiger partial charge < -0.3 is 15.1 Å². The summed E-state index contributed by atoms with van der Waals surface area (Å²) in [6.45, 7) is 4.00. The van der Waals surface area contributed by atoms with E-state index in [2.05, 4.69) is 15.1 Å². The van der Waals surface area contributed by atoms with Crippen molar-refractivity contribution in [1.29, 1.82) is 0 Å². The number of hydrogen-bond acceptors (Lipinski definition) is 2. The Bertz CT molecular complexity index is 483. The average Bonchev–Trinajstić information content (AvgIpc) is 3.33. The number of nitrogens with zero attached hydrogens (tertiary/aromatic N) is 2. The van der Waals surface area contributed by atoms with E-state index in [-0.39, 0.29) is 0 Å². The zero-order valence-corrected chi connectivity index (χ0v) is 15.5. The maximum atomic E-state index is 12.3. The summed E-state index contributed by atoms with van der Waals surface area (Å²) in [5.74, 6) is 2.76. The zero-order valence-electron chi connectivity index (χ0n) is 14.7.